The van der Waals surface area contributed by atoms with Gasteiger partial charge < -0.3 is 9.47 Å². The average molecular weight is 371 g/mol. The van der Waals surface area contributed by atoms with E-state index in [1.54, 1.807) is 24.3 Å². The van der Waals surface area contributed by atoms with Gasteiger partial charge in [-0.05, 0) is 56.5 Å². The lowest BCUT2D eigenvalue weighted by molar-refractivity contribution is 0.136. The fourth-order valence-electron chi connectivity index (χ4n) is 2.70. The molecule has 1 amide bonds. The smallest absolute Gasteiger partial charge is 0.411 e. The standard InChI is InChI=1S/C21H29N3O3/c1-5-7-8-17(6-2)14-26-21(25)24-18-9-11-19(12-10-18)27-20-22-15(3)13-16(4)23-20/h9-13,17H,5-8,14H2,1-4H3,(H,24,25). The Bertz CT molecular complexity index is 712. The molecule has 0 saturated heterocycles. The number of aromatic nitrogens is 2. The van der Waals surface area contributed by atoms with E-state index in [9.17, 15) is 4.79 Å². The number of rotatable bonds is 9. The van der Waals surface area contributed by atoms with Gasteiger partial charge in [-0.1, -0.05) is 33.1 Å². The second kappa shape index (κ2) is 10.5. The van der Waals surface area contributed by atoms with Crippen molar-refractivity contribution in [3.05, 3.63) is 41.7 Å². The number of nitrogens with one attached hydrogen (secondary N) is 1. The van der Waals surface area contributed by atoms with Crippen LogP contribution in [0.2, 0.25) is 0 Å². The topological polar surface area (TPSA) is 73.3 Å². The third-order valence-electron chi connectivity index (χ3n) is 4.27. The highest BCUT2D eigenvalue weighted by Gasteiger charge is 2.10. The highest BCUT2D eigenvalue weighted by atomic mass is 16.5. The van der Waals surface area contributed by atoms with Crippen molar-refractivity contribution < 1.29 is 14.3 Å². The summed E-state index contributed by atoms with van der Waals surface area (Å²) < 4.78 is 11.0. The second-order valence-electron chi connectivity index (χ2n) is 6.70. The Morgan fingerprint density at radius 1 is 1.11 bits per heavy atom. The Morgan fingerprint density at radius 2 is 1.78 bits per heavy atom. The largest absolute Gasteiger partial charge is 0.449 e. The fourth-order valence-corrected chi connectivity index (χ4v) is 2.70. The molecule has 1 heterocycles. The molecule has 0 spiro atoms. The number of amides is 1. The van der Waals surface area contributed by atoms with Gasteiger partial charge in [0.1, 0.15) is 5.75 Å². The van der Waals surface area contributed by atoms with Crippen molar-refractivity contribution >= 4 is 11.8 Å². The first-order valence-corrected chi connectivity index (χ1v) is 9.54. The van der Waals surface area contributed by atoms with E-state index in [2.05, 4.69) is 29.1 Å². The zero-order valence-electron chi connectivity index (χ0n) is 16.6. The molecule has 1 atom stereocenters. The number of unbranched alkanes of at least 4 members (excludes halogenated alkanes) is 1. The molecule has 1 aromatic carbocycles. The molecule has 0 radical (unpaired) electrons. The van der Waals surface area contributed by atoms with E-state index in [0.29, 0.717) is 30.0 Å². The molecule has 1 aromatic heterocycles. The van der Waals surface area contributed by atoms with Crippen LogP contribution in [0, 0.1) is 19.8 Å². The molecular weight excluding hydrogens is 342 g/mol. The predicted molar refractivity (Wildman–Crippen MR) is 106 cm³/mol. The summed E-state index contributed by atoms with van der Waals surface area (Å²) in [5.41, 5.74) is 2.35. The number of aryl methyl sites for hydroxylation is 2. The van der Waals surface area contributed by atoms with Crippen LogP contribution >= 0.6 is 0 Å². The van der Waals surface area contributed by atoms with Crippen LogP contribution in [0.1, 0.15) is 50.9 Å². The monoisotopic (exact) mass is 371 g/mol. The highest BCUT2D eigenvalue weighted by Crippen LogP contribution is 2.21. The van der Waals surface area contributed by atoms with Crippen molar-refractivity contribution in [1.82, 2.24) is 9.97 Å². The summed E-state index contributed by atoms with van der Waals surface area (Å²) in [5, 5.41) is 2.74. The van der Waals surface area contributed by atoms with Crippen molar-refractivity contribution in [2.75, 3.05) is 11.9 Å². The molecule has 6 nitrogen and oxygen atoms in total. The van der Waals surface area contributed by atoms with Crippen molar-refractivity contribution in [3.63, 3.8) is 0 Å². The fraction of sp³-hybridized carbons (Fsp3) is 0.476. The van der Waals surface area contributed by atoms with Gasteiger partial charge in [0.05, 0.1) is 6.61 Å². The maximum absolute atomic E-state index is 12.0. The van der Waals surface area contributed by atoms with Crippen LogP contribution in [-0.2, 0) is 4.74 Å². The summed E-state index contributed by atoms with van der Waals surface area (Å²) in [6.07, 6.45) is 3.99. The molecule has 1 N–H and O–H groups in total. The van der Waals surface area contributed by atoms with Gasteiger partial charge in [0.2, 0.25) is 0 Å². The maximum atomic E-state index is 12.0. The van der Waals surface area contributed by atoms with Gasteiger partial charge in [-0.2, -0.15) is 0 Å². The molecule has 27 heavy (non-hydrogen) atoms. The first kappa shape index (κ1) is 20.7. The van der Waals surface area contributed by atoms with Gasteiger partial charge in [0.15, 0.2) is 0 Å². The van der Waals surface area contributed by atoms with Crippen LogP contribution in [0.15, 0.2) is 30.3 Å². The Labute approximate surface area is 161 Å². The summed E-state index contributed by atoms with van der Waals surface area (Å²) in [5.74, 6) is 1.02. The van der Waals surface area contributed by atoms with Crippen molar-refractivity contribution in [2.45, 2.75) is 53.4 Å². The number of ether oxygens (including phenoxy) is 2. The third-order valence-corrected chi connectivity index (χ3v) is 4.27. The van der Waals surface area contributed by atoms with E-state index < -0.39 is 6.09 Å². The molecule has 2 rings (SSSR count). The predicted octanol–water partition coefficient (Wildman–Crippen LogP) is 5.65. The number of hydrogen-bond acceptors (Lipinski definition) is 5. The Hall–Kier alpha value is -2.63. The quantitative estimate of drug-likeness (QED) is 0.616. The molecule has 2 aromatic rings. The van der Waals surface area contributed by atoms with Gasteiger partial charge in [0, 0.05) is 17.1 Å². The molecule has 146 valence electrons. The molecule has 0 aliphatic heterocycles. The number of carbonyl (C=O) groups is 1. The minimum atomic E-state index is -0.434. The van der Waals surface area contributed by atoms with Crippen LogP contribution in [0.4, 0.5) is 10.5 Å². The Balaban J connectivity index is 1.84. The van der Waals surface area contributed by atoms with Crippen LogP contribution in [0.5, 0.6) is 11.8 Å². The van der Waals surface area contributed by atoms with Crippen molar-refractivity contribution in [2.24, 2.45) is 5.92 Å². The van der Waals surface area contributed by atoms with E-state index in [1.807, 2.05) is 19.9 Å². The first-order chi connectivity index (χ1) is 13.0. The van der Waals surface area contributed by atoms with Crippen LogP contribution in [-0.4, -0.2) is 22.7 Å². The molecule has 0 saturated carbocycles. The molecular formula is C21H29N3O3. The van der Waals surface area contributed by atoms with Gasteiger partial charge in [-0.25, -0.2) is 14.8 Å². The number of carbonyl (C=O) groups excluding carboxylic acids is 1. The molecule has 0 bridgehead atoms. The van der Waals surface area contributed by atoms with E-state index in [0.717, 1.165) is 37.1 Å². The van der Waals surface area contributed by atoms with Crippen molar-refractivity contribution in [1.29, 1.82) is 0 Å². The number of anilines is 1. The summed E-state index contributed by atoms with van der Waals surface area (Å²) in [6, 6.07) is 9.22. The zero-order valence-corrected chi connectivity index (χ0v) is 16.6. The van der Waals surface area contributed by atoms with E-state index in [-0.39, 0.29) is 0 Å². The van der Waals surface area contributed by atoms with Gasteiger partial charge in [-0.3, -0.25) is 5.32 Å². The number of nitrogens with zero attached hydrogens (tertiary/aromatic N) is 2. The van der Waals surface area contributed by atoms with Gasteiger partial charge in [0.25, 0.3) is 0 Å². The van der Waals surface area contributed by atoms with E-state index in [1.165, 1.54) is 0 Å². The minimum Gasteiger partial charge on any atom is -0.449 e. The van der Waals surface area contributed by atoms with E-state index in [4.69, 9.17) is 9.47 Å². The van der Waals surface area contributed by atoms with E-state index >= 15 is 0 Å². The average Bonchev–Trinajstić information content (AvgIpc) is 2.63. The minimum absolute atomic E-state index is 0.310. The molecule has 0 aliphatic carbocycles. The summed E-state index contributed by atoms with van der Waals surface area (Å²) in [6.45, 7) is 8.53. The lowest BCUT2D eigenvalue weighted by Gasteiger charge is -2.15. The highest BCUT2D eigenvalue weighted by molar-refractivity contribution is 5.84. The molecule has 0 aliphatic rings. The number of benzene rings is 1. The number of hydrogen-bond donors (Lipinski definition) is 1. The van der Waals surface area contributed by atoms with Crippen molar-refractivity contribution in [3.8, 4) is 11.8 Å². The maximum Gasteiger partial charge on any atom is 0.411 e. The first-order valence-electron chi connectivity index (χ1n) is 9.54. The second-order valence-corrected chi connectivity index (χ2v) is 6.70. The third kappa shape index (κ3) is 7.25. The SMILES string of the molecule is CCCCC(CC)COC(=O)Nc1ccc(Oc2nc(C)cc(C)n2)cc1. The van der Waals surface area contributed by atoms with Crippen LogP contribution in [0.3, 0.4) is 0 Å². The molecule has 1 unspecified atom stereocenters. The summed E-state index contributed by atoms with van der Waals surface area (Å²) in [7, 11) is 0. The van der Waals surface area contributed by atoms with Crippen LogP contribution < -0.4 is 10.1 Å². The Morgan fingerprint density at radius 3 is 2.37 bits per heavy atom. The normalized spacial score (nSPS) is 11.7. The molecule has 0 fully saturated rings. The zero-order chi connectivity index (χ0) is 19.6. The summed E-state index contributed by atoms with van der Waals surface area (Å²) in [4.78, 5) is 20.5. The lowest BCUT2D eigenvalue weighted by Crippen LogP contribution is -2.18. The van der Waals surface area contributed by atoms with Crippen LogP contribution in [0.25, 0.3) is 0 Å². The Kier molecular flexibility index (Phi) is 8.04. The van der Waals surface area contributed by atoms with Gasteiger partial charge >= 0.3 is 12.1 Å². The summed E-state index contributed by atoms with van der Waals surface area (Å²) >= 11 is 0. The lowest BCUT2D eigenvalue weighted by atomic mass is 10.0. The van der Waals surface area contributed by atoms with Gasteiger partial charge in [-0.15, -0.1) is 0 Å². The molecule has 6 heteroatoms.